The summed E-state index contributed by atoms with van der Waals surface area (Å²) in [5.74, 6) is 0.228. The van der Waals surface area contributed by atoms with Gasteiger partial charge in [-0.1, -0.05) is 35.3 Å². The summed E-state index contributed by atoms with van der Waals surface area (Å²) in [4.78, 5) is 0. The average molecular weight is 383 g/mol. The molecule has 0 bridgehead atoms. The maximum absolute atomic E-state index is 13.8. The smallest absolute Gasteiger partial charge is 0.171 e. The van der Waals surface area contributed by atoms with Crippen molar-refractivity contribution >= 4 is 46.2 Å². The van der Waals surface area contributed by atoms with Gasteiger partial charge < -0.3 is 15.4 Å². The largest absolute Gasteiger partial charge is 0.497 e. The predicted molar refractivity (Wildman–Crippen MR) is 99.0 cm³/mol. The third-order valence-corrected chi connectivity index (χ3v) is 4.47. The van der Waals surface area contributed by atoms with Crippen molar-refractivity contribution in [3.63, 3.8) is 0 Å². The van der Waals surface area contributed by atoms with E-state index in [0.717, 1.165) is 11.3 Å². The molecule has 3 rings (SSSR count). The lowest BCUT2D eigenvalue weighted by Crippen LogP contribution is -2.40. The second-order valence-electron chi connectivity index (χ2n) is 5.18. The van der Waals surface area contributed by atoms with Gasteiger partial charge in [0.05, 0.1) is 23.2 Å². The van der Waals surface area contributed by atoms with Crippen LogP contribution in [0.4, 0.5) is 4.39 Å². The van der Waals surface area contributed by atoms with Gasteiger partial charge in [-0.2, -0.15) is 0 Å². The van der Waals surface area contributed by atoms with Crippen molar-refractivity contribution in [3.05, 3.63) is 69.5 Å². The molecule has 7 heteroatoms. The molecule has 0 spiro atoms. The first kappa shape index (κ1) is 17.0. The van der Waals surface area contributed by atoms with E-state index in [1.165, 1.54) is 12.1 Å². The van der Waals surface area contributed by atoms with Gasteiger partial charge in [0.15, 0.2) is 5.11 Å². The fraction of sp³-hybridized carbons (Fsp3) is 0.118. The first-order valence-electron chi connectivity index (χ1n) is 7.06. The maximum Gasteiger partial charge on any atom is 0.171 e. The molecule has 0 fully saturated rings. The highest BCUT2D eigenvalue weighted by Crippen LogP contribution is 2.31. The number of rotatable bonds is 3. The Balaban J connectivity index is 1.99. The van der Waals surface area contributed by atoms with Gasteiger partial charge in [0.25, 0.3) is 0 Å². The summed E-state index contributed by atoms with van der Waals surface area (Å²) in [5, 5.41) is 6.92. The Morgan fingerprint density at radius 1 is 1.12 bits per heavy atom. The Bertz CT molecular complexity index is 824. The molecule has 0 unspecified atom stereocenters. The first-order valence-corrected chi connectivity index (χ1v) is 8.22. The minimum atomic E-state index is -0.538. The standard InChI is InChI=1S/C17H13Cl2FN2OS/c1-23-10-4-2-9(3-5-10)15-8-16(22-17(24)21-15)11-6-14(20)13(19)7-12(11)18/h2-8,15H,1H3,(H2,21,22,24)/t15-/m1/s1. The molecular weight excluding hydrogens is 370 g/mol. The number of benzene rings is 2. The summed E-state index contributed by atoms with van der Waals surface area (Å²) < 4.78 is 19.0. The molecule has 0 amide bonds. The number of thiocarbonyl (C=S) groups is 1. The number of ether oxygens (including phenoxy) is 1. The molecular formula is C17H13Cl2FN2OS. The summed E-state index contributed by atoms with van der Waals surface area (Å²) in [7, 11) is 1.61. The zero-order valence-electron chi connectivity index (χ0n) is 12.6. The molecule has 0 saturated heterocycles. The van der Waals surface area contributed by atoms with Crippen molar-refractivity contribution in [2.75, 3.05) is 7.11 Å². The number of hydrogen-bond acceptors (Lipinski definition) is 2. The van der Waals surface area contributed by atoms with Crippen LogP contribution in [0.25, 0.3) is 5.70 Å². The van der Waals surface area contributed by atoms with Gasteiger partial charge in [0, 0.05) is 11.3 Å². The van der Waals surface area contributed by atoms with E-state index in [1.54, 1.807) is 7.11 Å². The van der Waals surface area contributed by atoms with Crippen LogP contribution >= 0.6 is 35.4 Å². The fourth-order valence-electron chi connectivity index (χ4n) is 2.43. The Kier molecular flexibility index (Phi) is 4.94. The van der Waals surface area contributed by atoms with Crippen molar-refractivity contribution in [1.82, 2.24) is 10.6 Å². The van der Waals surface area contributed by atoms with E-state index in [-0.39, 0.29) is 11.1 Å². The topological polar surface area (TPSA) is 33.3 Å². The van der Waals surface area contributed by atoms with E-state index in [2.05, 4.69) is 10.6 Å². The quantitative estimate of drug-likeness (QED) is 0.595. The number of hydrogen-bond donors (Lipinski definition) is 2. The van der Waals surface area contributed by atoms with Crippen LogP contribution in [0.15, 0.2) is 42.5 Å². The predicted octanol–water partition coefficient (Wildman–Crippen LogP) is 4.70. The van der Waals surface area contributed by atoms with Crippen molar-refractivity contribution in [3.8, 4) is 5.75 Å². The fourth-order valence-corrected chi connectivity index (χ4v) is 3.15. The van der Waals surface area contributed by atoms with E-state index >= 15 is 0 Å². The van der Waals surface area contributed by atoms with Gasteiger partial charge >= 0.3 is 0 Å². The van der Waals surface area contributed by atoms with E-state index < -0.39 is 5.82 Å². The normalized spacial score (nSPS) is 16.9. The molecule has 124 valence electrons. The molecule has 24 heavy (non-hydrogen) atoms. The van der Waals surface area contributed by atoms with Crippen LogP contribution in [0.5, 0.6) is 5.75 Å². The Morgan fingerprint density at radius 3 is 2.50 bits per heavy atom. The molecule has 2 N–H and O–H groups in total. The number of nitrogens with one attached hydrogen (secondary N) is 2. The lowest BCUT2D eigenvalue weighted by molar-refractivity contribution is 0.414. The van der Waals surface area contributed by atoms with Crippen LogP contribution in [0.2, 0.25) is 10.0 Å². The van der Waals surface area contributed by atoms with E-state index in [9.17, 15) is 4.39 Å². The average Bonchev–Trinajstić information content (AvgIpc) is 2.57. The lowest BCUT2D eigenvalue weighted by atomic mass is 10.0. The summed E-state index contributed by atoms with van der Waals surface area (Å²) in [6.45, 7) is 0. The number of methoxy groups -OCH3 is 1. The lowest BCUT2D eigenvalue weighted by Gasteiger charge is -2.27. The Labute approximate surface area is 154 Å². The minimum Gasteiger partial charge on any atom is -0.497 e. The van der Waals surface area contributed by atoms with Gasteiger partial charge in [-0.3, -0.25) is 0 Å². The number of halogens is 3. The van der Waals surface area contributed by atoms with Crippen LogP contribution in [0, 0.1) is 5.82 Å². The summed E-state index contributed by atoms with van der Waals surface area (Å²) >= 11 is 17.2. The highest BCUT2D eigenvalue weighted by atomic mass is 35.5. The highest BCUT2D eigenvalue weighted by molar-refractivity contribution is 7.80. The van der Waals surface area contributed by atoms with Gasteiger partial charge in [-0.05, 0) is 48.1 Å². The zero-order chi connectivity index (χ0) is 17.3. The van der Waals surface area contributed by atoms with E-state index in [0.29, 0.717) is 21.4 Å². The SMILES string of the molecule is COc1ccc([C@H]2C=C(c3cc(F)c(Cl)cc3Cl)NC(=S)N2)cc1. The zero-order valence-corrected chi connectivity index (χ0v) is 14.9. The molecule has 0 radical (unpaired) electrons. The summed E-state index contributed by atoms with van der Waals surface area (Å²) in [6.07, 6.45) is 1.90. The van der Waals surface area contributed by atoms with E-state index in [1.807, 2.05) is 30.3 Å². The second kappa shape index (κ2) is 6.97. The molecule has 2 aromatic carbocycles. The molecule has 1 atom stereocenters. The third kappa shape index (κ3) is 3.48. The van der Waals surface area contributed by atoms with Gasteiger partial charge in [-0.25, -0.2) is 4.39 Å². The summed E-state index contributed by atoms with van der Waals surface area (Å²) in [5.41, 5.74) is 2.11. The molecule has 3 nitrogen and oxygen atoms in total. The second-order valence-corrected chi connectivity index (χ2v) is 6.40. The molecule has 1 aliphatic heterocycles. The van der Waals surface area contributed by atoms with E-state index in [4.69, 9.17) is 40.2 Å². The van der Waals surface area contributed by atoms with Gasteiger partial charge in [-0.15, -0.1) is 0 Å². The molecule has 1 aliphatic rings. The molecule has 2 aromatic rings. The summed E-state index contributed by atoms with van der Waals surface area (Å²) in [6, 6.07) is 10.1. The first-order chi connectivity index (χ1) is 11.5. The van der Waals surface area contributed by atoms with Crippen molar-refractivity contribution in [2.24, 2.45) is 0 Å². The van der Waals surface area contributed by atoms with Crippen molar-refractivity contribution < 1.29 is 9.13 Å². The van der Waals surface area contributed by atoms with Crippen LogP contribution < -0.4 is 15.4 Å². The van der Waals surface area contributed by atoms with Crippen LogP contribution in [0.3, 0.4) is 0 Å². The highest BCUT2D eigenvalue weighted by Gasteiger charge is 2.21. The van der Waals surface area contributed by atoms with Crippen LogP contribution in [-0.4, -0.2) is 12.2 Å². The Morgan fingerprint density at radius 2 is 1.83 bits per heavy atom. The van der Waals surface area contributed by atoms with Gasteiger partial charge in [0.2, 0.25) is 0 Å². The monoisotopic (exact) mass is 382 g/mol. The molecule has 1 heterocycles. The molecule has 0 aromatic heterocycles. The van der Waals surface area contributed by atoms with Crippen molar-refractivity contribution in [2.45, 2.75) is 6.04 Å². The molecule has 0 aliphatic carbocycles. The van der Waals surface area contributed by atoms with Gasteiger partial charge in [0.1, 0.15) is 11.6 Å². The maximum atomic E-state index is 13.8. The molecule has 0 saturated carbocycles. The minimum absolute atomic E-state index is 0.0208. The van der Waals surface area contributed by atoms with Crippen LogP contribution in [-0.2, 0) is 0 Å². The van der Waals surface area contributed by atoms with Crippen molar-refractivity contribution in [1.29, 1.82) is 0 Å². The Hall–Kier alpha value is -1.82. The third-order valence-electron chi connectivity index (χ3n) is 3.64. The van der Waals surface area contributed by atoms with Crippen LogP contribution in [0.1, 0.15) is 17.2 Å².